The van der Waals surface area contributed by atoms with E-state index in [2.05, 4.69) is 10.3 Å². The molecule has 0 aliphatic rings. The summed E-state index contributed by atoms with van der Waals surface area (Å²) in [6.45, 7) is 1.72. The van der Waals surface area contributed by atoms with Gasteiger partial charge in [-0.15, -0.1) is 5.10 Å². The third-order valence-electron chi connectivity index (χ3n) is 2.50. The molecule has 1 aromatic heterocycles. The van der Waals surface area contributed by atoms with Gasteiger partial charge in [-0.1, -0.05) is 16.8 Å². The van der Waals surface area contributed by atoms with Gasteiger partial charge in [0.25, 0.3) is 0 Å². The first-order chi connectivity index (χ1) is 8.79. The molecular formula is C11H10ClF3N4. The van der Waals surface area contributed by atoms with E-state index in [1.54, 1.807) is 6.92 Å². The summed E-state index contributed by atoms with van der Waals surface area (Å²) in [7, 11) is 0. The molecule has 0 aliphatic heterocycles. The number of nitrogens with zero attached hydrogens (tertiary/aromatic N) is 3. The van der Waals surface area contributed by atoms with E-state index in [0.29, 0.717) is 11.4 Å². The summed E-state index contributed by atoms with van der Waals surface area (Å²) in [5, 5.41) is 7.53. The molecular weight excluding hydrogens is 281 g/mol. The Balaban J connectivity index is 2.40. The van der Waals surface area contributed by atoms with Crippen LogP contribution in [0.4, 0.5) is 13.2 Å². The van der Waals surface area contributed by atoms with Crippen LogP contribution in [0.25, 0.3) is 5.69 Å². The number of hydrogen-bond acceptors (Lipinski definition) is 3. The third-order valence-corrected chi connectivity index (χ3v) is 2.80. The smallest absolute Gasteiger partial charge is 0.323 e. The molecule has 0 aliphatic carbocycles. The van der Waals surface area contributed by atoms with Gasteiger partial charge in [0.05, 0.1) is 28.2 Å². The van der Waals surface area contributed by atoms with E-state index in [0.717, 1.165) is 12.1 Å². The van der Waals surface area contributed by atoms with Gasteiger partial charge < -0.3 is 5.73 Å². The molecule has 19 heavy (non-hydrogen) atoms. The van der Waals surface area contributed by atoms with Gasteiger partial charge in [-0.3, -0.25) is 0 Å². The normalized spacial score (nSPS) is 13.6. The predicted molar refractivity (Wildman–Crippen MR) is 64.0 cm³/mol. The number of benzene rings is 1. The Morgan fingerprint density at radius 2 is 2.05 bits per heavy atom. The minimum Gasteiger partial charge on any atom is -0.323 e. The SMILES string of the molecule is CC(N)c1cn(-c2ccc(C(F)(F)F)cc2Cl)nn1. The topological polar surface area (TPSA) is 56.7 Å². The second-order valence-corrected chi connectivity index (χ2v) is 4.45. The van der Waals surface area contributed by atoms with Crippen LogP contribution in [0.15, 0.2) is 24.4 Å². The van der Waals surface area contributed by atoms with Gasteiger partial charge in [0.1, 0.15) is 0 Å². The molecule has 4 nitrogen and oxygen atoms in total. The Morgan fingerprint density at radius 3 is 2.53 bits per heavy atom. The Hall–Kier alpha value is -1.60. The van der Waals surface area contributed by atoms with Gasteiger partial charge in [0.15, 0.2) is 0 Å². The van der Waals surface area contributed by atoms with E-state index in [9.17, 15) is 13.2 Å². The number of alkyl halides is 3. The lowest BCUT2D eigenvalue weighted by molar-refractivity contribution is -0.137. The molecule has 0 saturated heterocycles. The van der Waals surface area contributed by atoms with Gasteiger partial charge in [0.2, 0.25) is 0 Å². The molecule has 0 radical (unpaired) electrons. The van der Waals surface area contributed by atoms with Crippen molar-refractivity contribution in [2.75, 3.05) is 0 Å². The molecule has 0 fully saturated rings. The van der Waals surface area contributed by atoms with E-state index >= 15 is 0 Å². The minimum atomic E-state index is -4.43. The highest BCUT2D eigenvalue weighted by molar-refractivity contribution is 6.32. The fourth-order valence-electron chi connectivity index (χ4n) is 1.47. The second kappa shape index (κ2) is 4.82. The van der Waals surface area contributed by atoms with Gasteiger partial charge >= 0.3 is 6.18 Å². The highest BCUT2D eigenvalue weighted by Crippen LogP contribution is 2.33. The number of aromatic nitrogens is 3. The van der Waals surface area contributed by atoms with Gasteiger partial charge in [-0.25, -0.2) is 4.68 Å². The zero-order valence-electron chi connectivity index (χ0n) is 9.82. The molecule has 0 spiro atoms. The van der Waals surface area contributed by atoms with E-state index in [4.69, 9.17) is 17.3 Å². The molecule has 1 unspecified atom stereocenters. The van der Waals surface area contributed by atoms with Crippen molar-refractivity contribution in [1.82, 2.24) is 15.0 Å². The molecule has 0 saturated carbocycles. The molecule has 2 rings (SSSR count). The quantitative estimate of drug-likeness (QED) is 0.925. The van der Waals surface area contributed by atoms with Crippen molar-refractivity contribution < 1.29 is 13.2 Å². The van der Waals surface area contributed by atoms with Gasteiger partial charge in [-0.2, -0.15) is 13.2 Å². The molecule has 2 N–H and O–H groups in total. The Morgan fingerprint density at radius 1 is 1.37 bits per heavy atom. The molecule has 1 atom stereocenters. The number of hydrogen-bond donors (Lipinski definition) is 1. The average molecular weight is 291 g/mol. The summed E-state index contributed by atoms with van der Waals surface area (Å²) < 4.78 is 38.8. The highest BCUT2D eigenvalue weighted by atomic mass is 35.5. The van der Waals surface area contributed by atoms with Crippen LogP contribution in [0.1, 0.15) is 24.2 Å². The standard InChI is InChI=1S/C11H10ClF3N4/c1-6(16)9-5-19(18-17-9)10-3-2-7(4-8(10)12)11(13,14)15/h2-6H,16H2,1H3. The number of halogens is 4. The van der Waals surface area contributed by atoms with Gasteiger partial charge in [0, 0.05) is 6.04 Å². The largest absolute Gasteiger partial charge is 0.416 e. The lowest BCUT2D eigenvalue weighted by Gasteiger charge is -2.09. The molecule has 0 amide bonds. The zero-order chi connectivity index (χ0) is 14.2. The molecule has 8 heteroatoms. The Bertz CT molecular complexity index is 592. The lowest BCUT2D eigenvalue weighted by atomic mass is 10.2. The monoisotopic (exact) mass is 290 g/mol. The summed E-state index contributed by atoms with van der Waals surface area (Å²) in [6, 6.07) is 2.71. The van der Waals surface area contributed by atoms with Crippen LogP contribution in [-0.4, -0.2) is 15.0 Å². The molecule has 1 aromatic carbocycles. The summed E-state index contributed by atoms with van der Waals surface area (Å²) in [5.41, 5.74) is 5.65. The number of nitrogens with two attached hydrogens (primary N) is 1. The van der Waals surface area contributed by atoms with Crippen molar-refractivity contribution in [3.05, 3.63) is 40.7 Å². The minimum absolute atomic E-state index is 0.0593. The van der Waals surface area contributed by atoms with Crippen molar-refractivity contribution in [2.45, 2.75) is 19.1 Å². The summed E-state index contributed by atoms with van der Waals surface area (Å²) >= 11 is 5.84. The molecule has 1 heterocycles. The maximum Gasteiger partial charge on any atom is 0.416 e. The lowest BCUT2D eigenvalue weighted by Crippen LogP contribution is -2.06. The maximum absolute atomic E-state index is 12.5. The van der Waals surface area contributed by atoms with E-state index in [1.165, 1.54) is 16.9 Å². The summed E-state index contributed by atoms with van der Waals surface area (Å²) in [6.07, 6.45) is -2.90. The van der Waals surface area contributed by atoms with Gasteiger partial charge in [-0.05, 0) is 25.1 Å². The van der Waals surface area contributed by atoms with Crippen LogP contribution < -0.4 is 5.73 Å². The fraction of sp³-hybridized carbons (Fsp3) is 0.273. The van der Waals surface area contributed by atoms with Crippen LogP contribution in [0, 0.1) is 0 Å². The first kappa shape index (κ1) is 13.8. The van der Waals surface area contributed by atoms with Crippen molar-refractivity contribution in [3.8, 4) is 5.69 Å². The summed E-state index contributed by atoms with van der Waals surface area (Å²) in [4.78, 5) is 0. The third kappa shape index (κ3) is 2.87. The van der Waals surface area contributed by atoms with Crippen LogP contribution >= 0.6 is 11.6 Å². The second-order valence-electron chi connectivity index (χ2n) is 4.04. The van der Waals surface area contributed by atoms with E-state index < -0.39 is 11.7 Å². The summed E-state index contributed by atoms with van der Waals surface area (Å²) in [5.74, 6) is 0. The van der Waals surface area contributed by atoms with E-state index in [1.807, 2.05) is 0 Å². The van der Waals surface area contributed by atoms with Crippen LogP contribution in [0.5, 0.6) is 0 Å². The van der Waals surface area contributed by atoms with Crippen LogP contribution in [0.2, 0.25) is 5.02 Å². The van der Waals surface area contributed by atoms with Crippen molar-refractivity contribution in [2.24, 2.45) is 5.73 Å². The predicted octanol–water partition coefficient (Wildman–Crippen LogP) is 2.96. The Labute approximate surface area is 112 Å². The maximum atomic E-state index is 12.5. The number of rotatable bonds is 2. The first-order valence-electron chi connectivity index (χ1n) is 5.34. The average Bonchev–Trinajstić information content (AvgIpc) is 2.76. The Kier molecular flexibility index (Phi) is 3.51. The zero-order valence-corrected chi connectivity index (χ0v) is 10.6. The van der Waals surface area contributed by atoms with Crippen LogP contribution in [0.3, 0.4) is 0 Å². The molecule has 0 bridgehead atoms. The first-order valence-corrected chi connectivity index (χ1v) is 5.72. The molecule has 102 valence electrons. The van der Waals surface area contributed by atoms with Crippen LogP contribution in [-0.2, 0) is 6.18 Å². The molecule has 2 aromatic rings. The van der Waals surface area contributed by atoms with Crippen molar-refractivity contribution in [1.29, 1.82) is 0 Å². The van der Waals surface area contributed by atoms with Crippen molar-refractivity contribution in [3.63, 3.8) is 0 Å². The van der Waals surface area contributed by atoms with E-state index in [-0.39, 0.29) is 11.1 Å². The fourth-order valence-corrected chi connectivity index (χ4v) is 1.74. The highest BCUT2D eigenvalue weighted by Gasteiger charge is 2.31. The van der Waals surface area contributed by atoms with Crippen molar-refractivity contribution >= 4 is 11.6 Å².